The lowest BCUT2D eigenvalue weighted by molar-refractivity contribution is 0.595. The molecule has 0 radical (unpaired) electrons. The first-order valence-electron chi connectivity index (χ1n) is 6.36. The lowest BCUT2D eigenvalue weighted by Gasteiger charge is -2.06. The fourth-order valence-corrected chi connectivity index (χ4v) is 1.61. The molecule has 0 saturated heterocycles. The molecule has 0 saturated carbocycles. The van der Waals surface area contributed by atoms with Gasteiger partial charge in [0, 0.05) is 18.1 Å². The molecule has 0 aliphatic carbocycles. The summed E-state index contributed by atoms with van der Waals surface area (Å²) in [6.07, 6.45) is 1.98. The highest BCUT2D eigenvalue weighted by Crippen LogP contribution is 2.09. The highest BCUT2D eigenvalue weighted by molar-refractivity contribution is 14.0. The molecule has 108 valence electrons. The van der Waals surface area contributed by atoms with Gasteiger partial charge in [0.15, 0.2) is 5.96 Å². The Labute approximate surface area is 138 Å². The van der Waals surface area contributed by atoms with Crippen molar-refractivity contribution in [3.05, 3.63) is 34.9 Å². The van der Waals surface area contributed by atoms with E-state index in [9.17, 15) is 0 Å². The van der Waals surface area contributed by atoms with Crippen LogP contribution in [0.15, 0.2) is 29.3 Å². The summed E-state index contributed by atoms with van der Waals surface area (Å²) < 4.78 is 0. The third-order valence-corrected chi connectivity index (χ3v) is 2.87. The average Bonchev–Trinajstić information content (AvgIpc) is 2.31. The molecule has 0 bridgehead atoms. The molecule has 1 aromatic rings. The molecule has 0 spiro atoms. The number of nitrogens with two attached hydrogens (primary N) is 1. The maximum absolute atomic E-state index is 5.82. The van der Waals surface area contributed by atoms with E-state index in [1.54, 1.807) is 0 Å². The largest absolute Gasteiger partial charge is 0.370 e. The Morgan fingerprint density at radius 1 is 1.32 bits per heavy atom. The number of aliphatic imine (C=N–C) groups is 1. The summed E-state index contributed by atoms with van der Waals surface area (Å²) in [5.41, 5.74) is 7.00. The molecule has 1 rings (SSSR count). The molecule has 0 aliphatic rings. The molecular weight excluding hydrogens is 373 g/mol. The van der Waals surface area contributed by atoms with E-state index in [4.69, 9.17) is 17.3 Å². The second kappa shape index (κ2) is 10.3. The minimum atomic E-state index is 0. The molecule has 1 aromatic carbocycles. The zero-order valence-corrected chi connectivity index (χ0v) is 14.6. The number of hydrogen-bond acceptors (Lipinski definition) is 1. The number of rotatable bonds is 6. The summed E-state index contributed by atoms with van der Waals surface area (Å²) in [6.45, 7) is 5.94. The predicted molar refractivity (Wildman–Crippen MR) is 94.5 cm³/mol. The van der Waals surface area contributed by atoms with E-state index in [-0.39, 0.29) is 24.0 Å². The number of guanidine groups is 1. The quantitative estimate of drug-likeness (QED) is 0.440. The first kappa shape index (κ1) is 18.5. The van der Waals surface area contributed by atoms with Crippen LogP contribution >= 0.6 is 35.6 Å². The first-order chi connectivity index (χ1) is 8.58. The number of hydrogen-bond donors (Lipinski definition) is 2. The molecule has 5 heteroatoms. The Balaban J connectivity index is 0.00000324. The van der Waals surface area contributed by atoms with Gasteiger partial charge in [-0.3, -0.25) is 4.99 Å². The van der Waals surface area contributed by atoms with Gasteiger partial charge < -0.3 is 11.1 Å². The van der Waals surface area contributed by atoms with Gasteiger partial charge in [-0.05, 0) is 36.5 Å². The van der Waals surface area contributed by atoms with Crippen LogP contribution in [0.4, 0.5) is 0 Å². The van der Waals surface area contributed by atoms with E-state index in [2.05, 4.69) is 24.2 Å². The monoisotopic (exact) mass is 395 g/mol. The van der Waals surface area contributed by atoms with Crippen molar-refractivity contribution >= 4 is 41.5 Å². The Bertz CT molecular complexity index is 377. The van der Waals surface area contributed by atoms with Crippen LogP contribution in [0.25, 0.3) is 0 Å². The lowest BCUT2D eigenvalue weighted by Crippen LogP contribution is -2.33. The molecule has 3 nitrogen and oxygen atoms in total. The summed E-state index contributed by atoms with van der Waals surface area (Å²) in [5, 5.41) is 3.88. The van der Waals surface area contributed by atoms with Crippen molar-refractivity contribution in [3.8, 4) is 0 Å². The molecule has 0 unspecified atom stereocenters. The van der Waals surface area contributed by atoms with Gasteiger partial charge in [0.1, 0.15) is 0 Å². The third-order valence-electron chi connectivity index (χ3n) is 2.62. The van der Waals surface area contributed by atoms with Crippen molar-refractivity contribution in [1.29, 1.82) is 0 Å². The van der Waals surface area contributed by atoms with Crippen LogP contribution in [0.3, 0.4) is 0 Å². The normalized spacial score (nSPS) is 11.3. The minimum Gasteiger partial charge on any atom is -0.370 e. The summed E-state index contributed by atoms with van der Waals surface area (Å²) >= 11 is 5.82. The van der Waals surface area contributed by atoms with E-state index in [0.29, 0.717) is 11.9 Å². The van der Waals surface area contributed by atoms with Gasteiger partial charge in [0.2, 0.25) is 0 Å². The van der Waals surface area contributed by atoms with Crippen molar-refractivity contribution in [2.75, 3.05) is 13.1 Å². The molecule has 3 N–H and O–H groups in total. The van der Waals surface area contributed by atoms with Gasteiger partial charge in [-0.15, -0.1) is 24.0 Å². The number of nitrogens with zero attached hydrogens (tertiary/aromatic N) is 1. The van der Waals surface area contributed by atoms with Crippen LogP contribution < -0.4 is 11.1 Å². The molecular formula is C14H23ClIN3. The lowest BCUT2D eigenvalue weighted by atomic mass is 10.1. The molecule has 0 aliphatic heterocycles. The summed E-state index contributed by atoms with van der Waals surface area (Å²) in [5.74, 6) is 1.19. The van der Waals surface area contributed by atoms with E-state index < -0.39 is 0 Å². The van der Waals surface area contributed by atoms with Gasteiger partial charge >= 0.3 is 0 Å². The van der Waals surface area contributed by atoms with Gasteiger partial charge in [-0.2, -0.15) is 0 Å². The van der Waals surface area contributed by atoms with Crippen molar-refractivity contribution in [2.24, 2.45) is 16.6 Å². The second-order valence-corrected chi connectivity index (χ2v) is 5.19. The standard InChI is InChI=1S/C14H22ClN3.HI/c1-11(2)7-9-17-14(16)18-10-8-12-3-5-13(15)6-4-12;/h3-6,11H,7-10H2,1-2H3,(H3,16,17,18);1H. The molecule has 19 heavy (non-hydrogen) atoms. The Kier molecular flexibility index (Phi) is 10.0. The molecule has 0 atom stereocenters. The number of benzene rings is 1. The summed E-state index contributed by atoms with van der Waals surface area (Å²) in [4.78, 5) is 4.27. The third kappa shape index (κ3) is 9.10. The van der Waals surface area contributed by atoms with E-state index in [1.807, 2.05) is 24.3 Å². The summed E-state index contributed by atoms with van der Waals surface area (Å²) in [6, 6.07) is 7.85. The second-order valence-electron chi connectivity index (χ2n) is 4.75. The fourth-order valence-electron chi connectivity index (χ4n) is 1.49. The van der Waals surface area contributed by atoms with E-state index >= 15 is 0 Å². The predicted octanol–water partition coefficient (Wildman–Crippen LogP) is 3.45. The van der Waals surface area contributed by atoms with Crippen LogP contribution in [0.5, 0.6) is 0 Å². The van der Waals surface area contributed by atoms with E-state index in [0.717, 1.165) is 31.0 Å². The SMILES string of the molecule is CC(C)CCN=C(N)NCCc1ccc(Cl)cc1.I. The highest BCUT2D eigenvalue weighted by Gasteiger charge is 1.96. The Morgan fingerprint density at radius 3 is 2.53 bits per heavy atom. The van der Waals surface area contributed by atoms with Crippen molar-refractivity contribution < 1.29 is 0 Å². The Hall–Kier alpha value is -0.490. The van der Waals surface area contributed by atoms with Crippen LogP contribution in [-0.4, -0.2) is 19.0 Å². The van der Waals surface area contributed by atoms with Gasteiger partial charge in [0.25, 0.3) is 0 Å². The number of halogens is 2. The highest BCUT2D eigenvalue weighted by atomic mass is 127. The van der Waals surface area contributed by atoms with E-state index in [1.165, 1.54) is 5.56 Å². The topological polar surface area (TPSA) is 50.4 Å². The zero-order chi connectivity index (χ0) is 13.4. The molecule has 0 heterocycles. The molecule has 0 aromatic heterocycles. The van der Waals surface area contributed by atoms with Crippen molar-refractivity contribution in [3.63, 3.8) is 0 Å². The van der Waals surface area contributed by atoms with Crippen LogP contribution in [0, 0.1) is 5.92 Å². The maximum atomic E-state index is 5.82. The molecule has 0 fully saturated rings. The van der Waals surface area contributed by atoms with Gasteiger partial charge in [-0.25, -0.2) is 0 Å². The molecule has 0 amide bonds. The van der Waals surface area contributed by atoms with Crippen molar-refractivity contribution in [2.45, 2.75) is 26.7 Å². The minimum absolute atomic E-state index is 0. The van der Waals surface area contributed by atoms with Crippen LogP contribution in [0.1, 0.15) is 25.8 Å². The van der Waals surface area contributed by atoms with Gasteiger partial charge in [0.05, 0.1) is 0 Å². The smallest absolute Gasteiger partial charge is 0.188 e. The summed E-state index contributed by atoms with van der Waals surface area (Å²) in [7, 11) is 0. The maximum Gasteiger partial charge on any atom is 0.188 e. The fraction of sp³-hybridized carbons (Fsp3) is 0.500. The van der Waals surface area contributed by atoms with Gasteiger partial charge in [-0.1, -0.05) is 37.6 Å². The van der Waals surface area contributed by atoms with Crippen LogP contribution in [0.2, 0.25) is 5.02 Å². The Morgan fingerprint density at radius 2 is 1.95 bits per heavy atom. The van der Waals surface area contributed by atoms with Crippen molar-refractivity contribution in [1.82, 2.24) is 5.32 Å². The zero-order valence-electron chi connectivity index (χ0n) is 11.5. The van der Waals surface area contributed by atoms with Crippen LogP contribution in [-0.2, 0) is 6.42 Å². The first-order valence-corrected chi connectivity index (χ1v) is 6.74. The average molecular weight is 396 g/mol. The number of nitrogens with one attached hydrogen (secondary N) is 1.